The Bertz CT molecular complexity index is 761. The molecule has 0 aliphatic rings. The number of nitrogens with one attached hydrogen (secondary N) is 1. The second kappa shape index (κ2) is 5.52. The Hall–Kier alpha value is -1.43. The zero-order valence-corrected chi connectivity index (χ0v) is 12.9. The molecule has 0 saturated heterocycles. The zero-order chi connectivity index (χ0) is 14.9. The van der Waals surface area contributed by atoms with Crippen LogP contribution in [0.15, 0.2) is 41.3 Å². The summed E-state index contributed by atoms with van der Waals surface area (Å²) in [7, 11) is -3.73. The lowest BCUT2D eigenvalue weighted by Crippen LogP contribution is -2.14. The molecule has 0 amide bonds. The number of anilines is 2. The van der Waals surface area contributed by atoms with Crippen LogP contribution in [0, 0.1) is 6.92 Å². The standard InChI is InChI=1S/C13H12Cl2N2O2S/c1-8-2-3-9(14)6-13(8)20(18,19)17-10-4-5-12(16)11(15)7-10/h2-7,17H,16H2,1H3. The number of nitrogens with two attached hydrogens (primary N) is 1. The van der Waals surface area contributed by atoms with Gasteiger partial charge in [0.05, 0.1) is 21.3 Å². The van der Waals surface area contributed by atoms with Crippen molar-refractivity contribution in [1.82, 2.24) is 0 Å². The SMILES string of the molecule is Cc1ccc(Cl)cc1S(=O)(=O)Nc1ccc(N)c(Cl)c1. The Morgan fingerprint density at radius 2 is 1.80 bits per heavy atom. The van der Waals surface area contributed by atoms with Gasteiger partial charge < -0.3 is 5.73 Å². The predicted molar refractivity (Wildman–Crippen MR) is 82.9 cm³/mol. The summed E-state index contributed by atoms with van der Waals surface area (Å²) < 4.78 is 27.1. The number of hydrogen-bond acceptors (Lipinski definition) is 3. The average Bonchev–Trinajstić information content (AvgIpc) is 2.36. The number of rotatable bonds is 3. The fourth-order valence-electron chi connectivity index (χ4n) is 1.66. The summed E-state index contributed by atoms with van der Waals surface area (Å²) in [6, 6.07) is 9.21. The summed E-state index contributed by atoms with van der Waals surface area (Å²) >= 11 is 11.7. The van der Waals surface area contributed by atoms with Gasteiger partial charge in [0.1, 0.15) is 0 Å². The normalized spacial score (nSPS) is 11.3. The lowest BCUT2D eigenvalue weighted by Gasteiger charge is -2.11. The van der Waals surface area contributed by atoms with Crippen LogP contribution in [0.4, 0.5) is 11.4 Å². The van der Waals surface area contributed by atoms with Crippen LogP contribution in [-0.4, -0.2) is 8.42 Å². The molecule has 2 aromatic carbocycles. The molecule has 2 aromatic rings. The number of nitrogen functional groups attached to an aromatic ring is 1. The third kappa shape index (κ3) is 3.17. The molecule has 106 valence electrons. The van der Waals surface area contributed by atoms with Crippen LogP contribution in [-0.2, 0) is 10.0 Å². The Labute approximate surface area is 127 Å². The van der Waals surface area contributed by atoms with Gasteiger partial charge in [-0.15, -0.1) is 0 Å². The number of sulfonamides is 1. The maximum Gasteiger partial charge on any atom is 0.262 e. The van der Waals surface area contributed by atoms with Crippen LogP contribution in [0.1, 0.15) is 5.56 Å². The first-order chi connectivity index (χ1) is 9.29. The predicted octanol–water partition coefficient (Wildman–Crippen LogP) is 3.68. The summed E-state index contributed by atoms with van der Waals surface area (Å²) in [6.45, 7) is 1.70. The highest BCUT2D eigenvalue weighted by Crippen LogP contribution is 2.26. The van der Waals surface area contributed by atoms with Crippen molar-refractivity contribution in [2.75, 3.05) is 10.5 Å². The molecule has 0 bridgehead atoms. The van der Waals surface area contributed by atoms with Gasteiger partial charge in [0.2, 0.25) is 0 Å². The van der Waals surface area contributed by atoms with Gasteiger partial charge >= 0.3 is 0 Å². The van der Waals surface area contributed by atoms with Crippen molar-refractivity contribution in [2.45, 2.75) is 11.8 Å². The van der Waals surface area contributed by atoms with Crippen molar-refractivity contribution in [3.05, 3.63) is 52.0 Å². The zero-order valence-electron chi connectivity index (χ0n) is 10.5. The van der Waals surface area contributed by atoms with E-state index in [2.05, 4.69) is 4.72 Å². The van der Waals surface area contributed by atoms with Crippen LogP contribution in [0.5, 0.6) is 0 Å². The largest absolute Gasteiger partial charge is 0.398 e. The number of hydrogen-bond donors (Lipinski definition) is 2. The van der Waals surface area contributed by atoms with E-state index in [1.165, 1.54) is 18.2 Å². The first kappa shape index (κ1) is 15.0. The van der Waals surface area contributed by atoms with Crippen LogP contribution >= 0.6 is 23.2 Å². The monoisotopic (exact) mass is 330 g/mol. The first-order valence-corrected chi connectivity index (χ1v) is 7.87. The minimum absolute atomic E-state index is 0.123. The smallest absolute Gasteiger partial charge is 0.262 e. The van der Waals surface area contributed by atoms with Crippen molar-refractivity contribution in [1.29, 1.82) is 0 Å². The first-order valence-electron chi connectivity index (χ1n) is 5.63. The lowest BCUT2D eigenvalue weighted by atomic mass is 10.2. The Morgan fingerprint density at radius 3 is 2.45 bits per heavy atom. The Balaban J connectivity index is 2.40. The van der Waals surface area contributed by atoms with Crippen molar-refractivity contribution in [3.63, 3.8) is 0 Å². The summed E-state index contributed by atoms with van der Waals surface area (Å²) in [5, 5.41) is 0.638. The van der Waals surface area contributed by atoms with Gasteiger partial charge in [-0.3, -0.25) is 4.72 Å². The molecule has 0 heterocycles. The number of aryl methyl sites for hydroxylation is 1. The van der Waals surface area contributed by atoms with Crippen molar-refractivity contribution in [3.8, 4) is 0 Å². The van der Waals surface area contributed by atoms with Gasteiger partial charge in [0.25, 0.3) is 10.0 Å². The van der Waals surface area contributed by atoms with E-state index in [9.17, 15) is 8.42 Å². The van der Waals surface area contributed by atoms with Crippen molar-refractivity contribution < 1.29 is 8.42 Å². The van der Waals surface area contributed by atoms with E-state index in [0.29, 0.717) is 22.0 Å². The molecule has 7 heteroatoms. The van der Waals surface area contributed by atoms with E-state index < -0.39 is 10.0 Å². The van der Waals surface area contributed by atoms with Crippen molar-refractivity contribution in [2.24, 2.45) is 0 Å². The average molecular weight is 331 g/mol. The van der Waals surface area contributed by atoms with Crippen molar-refractivity contribution >= 4 is 44.6 Å². The molecular formula is C13H12Cl2N2O2S. The van der Waals surface area contributed by atoms with E-state index in [1.807, 2.05) is 0 Å². The molecule has 0 fully saturated rings. The van der Waals surface area contributed by atoms with Gasteiger partial charge in [0, 0.05) is 5.02 Å². The van der Waals surface area contributed by atoms with Crippen LogP contribution in [0.3, 0.4) is 0 Å². The number of halogens is 2. The molecule has 20 heavy (non-hydrogen) atoms. The fourth-order valence-corrected chi connectivity index (χ4v) is 3.40. The molecule has 0 saturated carbocycles. The summed E-state index contributed by atoms with van der Waals surface area (Å²) in [6.07, 6.45) is 0. The van der Waals surface area contributed by atoms with E-state index in [4.69, 9.17) is 28.9 Å². The van der Waals surface area contributed by atoms with E-state index in [-0.39, 0.29) is 9.92 Å². The minimum Gasteiger partial charge on any atom is -0.398 e. The minimum atomic E-state index is -3.73. The Morgan fingerprint density at radius 1 is 1.10 bits per heavy atom. The maximum atomic E-state index is 12.3. The third-order valence-corrected chi connectivity index (χ3v) is 4.78. The number of benzene rings is 2. The van der Waals surface area contributed by atoms with Crippen LogP contribution in [0.25, 0.3) is 0 Å². The quantitative estimate of drug-likeness (QED) is 0.843. The van der Waals surface area contributed by atoms with E-state index in [0.717, 1.165) is 0 Å². The molecular weight excluding hydrogens is 319 g/mol. The molecule has 0 aliphatic carbocycles. The van der Waals surface area contributed by atoms with E-state index in [1.54, 1.807) is 25.1 Å². The van der Waals surface area contributed by atoms with Crippen LogP contribution in [0.2, 0.25) is 10.0 Å². The molecule has 4 nitrogen and oxygen atoms in total. The highest BCUT2D eigenvalue weighted by atomic mass is 35.5. The van der Waals surface area contributed by atoms with Gasteiger partial charge in [-0.05, 0) is 42.8 Å². The highest BCUT2D eigenvalue weighted by molar-refractivity contribution is 7.92. The molecule has 0 spiro atoms. The molecule has 3 N–H and O–H groups in total. The second-order valence-electron chi connectivity index (χ2n) is 4.25. The van der Waals surface area contributed by atoms with Crippen LogP contribution < -0.4 is 10.5 Å². The molecule has 0 radical (unpaired) electrons. The van der Waals surface area contributed by atoms with Gasteiger partial charge in [0.15, 0.2) is 0 Å². The summed E-state index contributed by atoms with van der Waals surface area (Å²) in [4.78, 5) is 0.123. The molecule has 0 unspecified atom stereocenters. The second-order valence-corrected chi connectivity index (χ2v) is 6.75. The lowest BCUT2D eigenvalue weighted by molar-refractivity contribution is 0.600. The molecule has 0 aliphatic heterocycles. The summed E-state index contributed by atoms with van der Waals surface area (Å²) in [5.41, 5.74) is 6.90. The maximum absolute atomic E-state index is 12.3. The highest BCUT2D eigenvalue weighted by Gasteiger charge is 2.17. The van der Waals surface area contributed by atoms with Gasteiger partial charge in [-0.2, -0.15) is 0 Å². The third-order valence-electron chi connectivity index (χ3n) is 2.69. The Kier molecular flexibility index (Phi) is 4.13. The van der Waals surface area contributed by atoms with Gasteiger partial charge in [-0.25, -0.2) is 8.42 Å². The topological polar surface area (TPSA) is 72.2 Å². The van der Waals surface area contributed by atoms with Gasteiger partial charge in [-0.1, -0.05) is 29.3 Å². The fraction of sp³-hybridized carbons (Fsp3) is 0.0769. The summed E-state index contributed by atoms with van der Waals surface area (Å²) in [5.74, 6) is 0. The molecule has 0 atom stereocenters. The molecule has 0 aromatic heterocycles. The van der Waals surface area contributed by atoms with E-state index >= 15 is 0 Å². The molecule has 2 rings (SSSR count).